The molecular weight excluding hydrogens is 282 g/mol. The van der Waals surface area contributed by atoms with Gasteiger partial charge in [-0.3, -0.25) is 14.6 Å². The highest BCUT2D eigenvalue weighted by atomic mass is 16.3. The molecule has 3 N–H and O–H groups in total. The molecule has 0 aliphatic rings. The van der Waals surface area contributed by atoms with Crippen LogP contribution in [-0.2, 0) is 0 Å². The molecule has 0 bridgehead atoms. The van der Waals surface area contributed by atoms with Crippen molar-refractivity contribution in [3.8, 4) is 0 Å². The molecule has 0 saturated carbocycles. The Morgan fingerprint density at radius 3 is 2.64 bits per heavy atom. The number of nitrogens with zero attached hydrogens (tertiary/aromatic N) is 1. The Morgan fingerprint density at radius 1 is 1.09 bits per heavy atom. The van der Waals surface area contributed by atoms with Crippen LogP contribution in [0.4, 0.5) is 5.69 Å². The van der Waals surface area contributed by atoms with Crippen LogP contribution in [0.2, 0.25) is 0 Å². The van der Waals surface area contributed by atoms with Crippen molar-refractivity contribution in [1.29, 1.82) is 0 Å². The fourth-order valence-electron chi connectivity index (χ4n) is 1.82. The smallest absolute Gasteiger partial charge is 0.257 e. The van der Waals surface area contributed by atoms with Crippen molar-refractivity contribution in [3.63, 3.8) is 0 Å². The molecule has 2 rings (SSSR count). The summed E-state index contributed by atoms with van der Waals surface area (Å²) in [5.41, 5.74) is 1.42. The summed E-state index contributed by atoms with van der Waals surface area (Å²) in [6, 6.07) is 10.0. The third-order valence-corrected chi connectivity index (χ3v) is 2.93. The lowest BCUT2D eigenvalue weighted by atomic mass is 10.1. The van der Waals surface area contributed by atoms with E-state index in [1.165, 1.54) is 6.20 Å². The molecule has 0 spiro atoms. The summed E-state index contributed by atoms with van der Waals surface area (Å²) in [4.78, 5) is 27.8. The quantitative estimate of drug-likeness (QED) is 0.704. The Balaban J connectivity index is 2.02. The highest BCUT2D eigenvalue weighted by Crippen LogP contribution is 2.12. The fourth-order valence-corrected chi connectivity index (χ4v) is 1.82. The van der Waals surface area contributed by atoms with Gasteiger partial charge in [0.15, 0.2) is 0 Å². The summed E-state index contributed by atoms with van der Waals surface area (Å²) < 4.78 is 0. The van der Waals surface area contributed by atoms with Crippen LogP contribution in [0.5, 0.6) is 0 Å². The van der Waals surface area contributed by atoms with Gasteiger partial charge in [0.2, 0.25) is 0 Å². The Kier molecular flexibility index (Phi) is 5.62. The predicted molar refractivity (Wildman–Crippen MR) is 82.7 cm³/mol. The number of aliphatic hydroxyl groups is 1. The summed E-state index contributed by atoms with van der Waals surface area (Å²) in [5.74, 6) is -0.531. The maximum atomic E-state index is 12.0. The number of nitrogens with one attached hydrogen (secondary N) is 2. The second-order valence-corrected chi connectivity index (χ2v) is 4.61. The van der Waals surface area contributed by atoms with E-state index in [1.54, 1.807) is 42.6 Å². The van der Waals surface area contributed by atoms with Gasteiger partial charge in [0.25, 0.3) is 11.8 Å². The van der Waals surface area contributed by atoms with E-state index < -0.39 is 0 Å². The third-order valence-electron chi connectivity index (χ3n) is 2.93. The lowest BCUT2D eigenvalue weighted by Gasteiger charge is -2.08. The van der Waals surface area contributed by atoms with E-state index in [0.717, 1.165) is 0 Å². The third kappa shape index (κ3) is 4.39. The van der Waals surface area contributed by atoms with Crippen LogP contribution in [0, 0.1) is 0 Å². The number of carbonyl (C=O) groups is 2. The molecule has 0 aliphatic heterocycles. The molecule has 2 aromatic rings. The maximum absolute atomic E-state index is 12.0. The van der Waals surface area contributed by atoms with Crippen molar-refractivity contribution in [1.82, 2.24) is 10.3 Å². The number of pyridine rings is 1. The number of aromatic nitrogens is 1. The first kappa shape index (κ1) is 15.7. The van der Waals surface area contributed by atoms with Crippen LogP contribution < -0.4 is 10.6 Å². The first-order valence-electron chi connectivity index (χ1n) is 6.91. The van der Waals surface area contributed by atoms with Gasteiger partial charge in [-0.15, -0.1) is 0 Å². The number of rotatable bonds is 6. The molecule has 0 saturated heterocycles. The van der Waals surface area contributed by atoms with E-state index in [2.05, 4.69) is 15.6 Å². The van der Waals surface area contributed by atoms with Crippen molar-refractivity contribution in [2.75, 3.05) is 18.5 Å². The summed E-state index contributed by atoms with van der Waals surface area (Å²) >= 11 is 0. The average molecular weight is 299 g/mol. The van der Waals surface area contributed by atoms with Crippen LogP contribution in [0.3, 0.4) is 0 Å². The molecule has 0 atom stereocenters. The second kappa shape index (κ2) is 7.90. The first-order chi connectivity index (χ1) is 10.7. The first-order valence-corrected chi connectivity index (χ1v) is 6.91. The van der Waals surface area contributed by atoms with Gasteiger partial charge < -0.3 is 15.7 Å². The Labute approximate surface area is 128 Å². The standard InChI is InChI=1S/C16H17N3O3/c20-9-3-8-18-15(21)12-4-1-6-14(10-12)19-16(22)13-5-2-7-17-11-13/h1-2,4-7,10-11,20H,3,8-9H2,(H,18,21)(H,19,22). The molecule has 6 heteroatoms. The van der Waals surface area contributed by atoms with Crippen molar-refractivity contribution >= 4 is 17.5 Å². The Bertz CT molecular complexity index is 644. The minimum absolute atomic E-state index is 0.0293. The molecular formula is C16H17N3O3. The molecule has 22 heavy (non-hydrogen) atoms. The van der Waals surface area contributed by atoms with Crippen LogP contribution in [0.15, 0.2) is 48.8 Å². The molecule has 0 aliphatic carbocycles. The Hall–Kier alpha value is -2.73. The number of aliphatic hydroxyl groups excluding tert-OH is 1. The van der Waals surface area contributed by atoms with Crippen LogP contribution in [0.1, 0.15) is 27.1 Å². The van der Waals surface area contributed by atoms with E-state index in [-0.39, 0.29) is 18.4 Å². The molecule has 2 amide bonds. The summed E-state index contributed by atoms with van der Waals surface area (Å²) in [6.07, 6.45) is 3.57. The SMILES string of the molecule is O=C(NCCCO)c1cccc(NC(=O)c2cccnc2)c1. The molecule has 114 valence electrons. The topological polar surface area (TPSA) is 91.3 Å². The van der Waals surface area contributed by atoms with Gasteiger partial charge in [0.1, 0.15) is 0 Å². The molecule has 0 radical (unpaired) electrons. The highest BCUT2D eigenvalue weighted by Gasteiger charge is 2.09. The monoisotopic (exact) mass is 299 g/mol. The second-order valence-electron chi connectivity index (χ2n) is 4.61. The lowest BCUT2D eigenvalue weighted by Crippen LogP contribution is -2.25. The molecule has 1 aromatic carbocycles. The summed E-state index contributed by atoms with van der Waals surface area (Å²) in [7, 11) is 0. The molecule has 1 aromatic heterocycles. The average Bonchev–Trinajstić information content (AvgIpc) is 2.56. The molecule has 0 unspecified atom stereocenters. The maximum Gasteiger partial charge on any atom is 0.257 e. The van der Waals surface area contributed by atoms with E-state index in [9.17, 15) is 9.59 Å². The largest absolute Gasteiger partial charge is 0.396 e. The van der Waals surface area contributed by atoms with Gasteiger partial charge in [-0.05, 0) is 36.8 Å². The molecule has 1 heterocycles. The van der Waals surface area contributed by atoms with Gasteiger partial charge in [-0.1, -0.05) is 6.07 Å². The van der Waals surface area contributed by atoms with E-state index in [4.69, 9.17) is 5.11 Å². The van der Waals surface area contributed by atoms with Gasteiger partial charge in [0, 0.05) is 36.8 Å². The van der Waals surface area contributed by atoms with Gasteiger partial charge in [0.05, 0.1) is 5.56 Å². The van der Waals surface area contributed by atoms with Gasteiger partial charge >= 0.3 is 0 Å². The summed E-state index contributed by atoms with van der Waals surface area (Å²) in [6.45, 7) is 0.434. The van der Waals surface area contributed by atoms with Crippen molar-refractivity contribution in [2.45, 2.75) is 6.42 Å². The minimum Gasteiger partial charge on any atom is -0.396 e. The van der Waals surface area contributed by atoms with E-state index in [1.807, 2.05) is 0 Å². The Morgan fingerprint density at radius 2 is 1.91 bits per heavy atom. The van der Waals surface area contributed by atoms with Crippen LogP contribution in [0.25, 0.3) is 0 Å². The van der Waals surface area contributed by atoms with Crippen molar-refractivity contribution in [2.24, 2.45) is 0 Å². The lowest BCUT2D eigenvalue weighted by molar-refractivity contribution is 0.0949. The number of benzene rings is 1. The zero-order valence-electron chi connectivity index (χ0n) is 12.0. The predicted octanol–water partition coefficient (Wildman–Crippen LogP) is 1.45. The molecule has 6 nitrogen and oxygen atoms in total. The van der Waals surface area contributed by atoms with E-state index >= 15 is 0 Å². The van der Waals surface area contributed by atoms with E-state index in [0.29, 0.717) is 29.8 Å². The number of amides is 2. The van der Waals surface area contributed by atoms with Crippen LogP contribution in [-0.4, -0.2) is 35.1 Å². The number of anilines is 1. The number of hydrogen-bond acceptors (Lipinski definition) is 4. The number of hydrogen-bond donors (Lipinski definition) is 3. The summed E-state index contributed by atoms with van der Waals surface area (Å²) in [5, 5.41) is 14.1. The number of carbonyl (C=O) groups excluding carboxylic acids is 2. The highest BCUT2D eigenvalue weighted by molar-refractivity contribution is 6.04. The molecule has 0 fully saturated rings. The minimum atomic E-state index is -0.286. The van der Waals surface area contributed by atoms with Gasteiger partial charge in [-0.25, -0.2) is 0 Å². The van der Waals surface area contributed by atoms with Crippen molar-refractivity contribution < 1.29 is 14.7 Å². The fraction of sp³-hybridized carbons (Fsp3) is 0.188. The zero-order chi connectivity index (χ0) is 15.8. The van der Waals surface area contributed by atoms with Crippen LogP contribution >= 0.6 is 0 Å². The zero-order valence-corrected chi connectivity index (χ0v) is 12.0. The normalized spacial score (nSPS) is 10.0. The van der Waals surface area contributed by atoms with Gasteiger partial charge in [-0.2, -0.15) is 0 Å². The van der Waals surface area contributed by atoms with Crippen molar-refractivity contribution in [3.05, 3.63) is 59.9 Å².